The molecule has 38 heavy (non-hydrogen) atoms. The molecule has 1 aromatic heterocycles. The van der Waals surface area contributed by atoms with Crippen LogP contribution in [0.5, 0.6) is 11.5 Å². The molecule has 1 aliphatic carbocycles. The summed E-state index contributed by atoms with van der Waals surface area (Å²) in [4.78, 5) is 22.0. The quantitative estimate of drug-likeness (QED) is 0.291. The number of hydrogen-bond acceptors (Lipinski definition) is 5. The van der Waals surface area contributed by atoms with E-state index in [1.54, 1.807) is 11.0 Å². The van der Waals surface area contributed by atoms with E-state index in [9.17, 15) is 4.79 Å². The van der Waals surface area contributed by atoms with Gasteiger partial charge in [-0.25, -0.2) is 0 Å². The fourth-order valence-electron chi connectivity index (χ4n) is 5.28. The number of hydrogen-bond donors (Lipinski definition) is 0. The molecule has 5 nitrogen and oxygen atoms in total. The number of carbonyl (C=O) groups excluding carboxylic acids is 1. The Morgan fingerprint density at radius 2 is 1.74 bits per heavy atom. The van der Waals surface area contributed by atoms with Gasteiger partial charge in [-0.15, -0.1) is 0 Å². The van der Waals surface area contributed by atoms with Gasteiger partial charge in [-0.3, -0.25) is 9.78 Å². The lowest BCUT2D eigenvalue weighted by Crippen LogP contribution is -2.36. The summed E-state index contributed by atoms with van der Waals surface area (Å²) in [6.45, 7) is 2.52. The Bertz CT molecular complexity index is 1240. The van der Waals surface area contributed by atoms with Gasteiger partial charge in [-0.2, -0.15) is 0 Å². The topological polar surface area (TPSA) is 45.7 Å². The molecule has 3 aromatic rings. The minimum atomic E-state index is -0.0385. The molecule has 0 atom stereocenters. The lowest BCUT2D eigenvalue weighted by molar-refractivity contribution is 0.0784. The number of carbonyl (C=O) groups is 1. The third kappa shape index (κ3) is 6.94. The van der Waals surface area contributed by atoms with Crippen LogP contribution in [-0.2, 0) is 6.54 Å². The average Bonchev–Trinajstić information content (AvgIpc) is 3.46. The van der Waals surface area contributed by atoms with Gasteiger partial charge in [-0.1, -0.05) is 61.1 Å². The van der Waals surface area contributed by atoms with Gasteiger partial charge >= 0.3 is 0 Å². The first-order valence-electron chi connectivity index (χ1n) is 13.5. The molecule has 1 saturated carbocycles. The molecule has 1 amide bonds. The number of amides is 1. The largest absolute Gasteiger partial charge is 0.457 e. The van der Waals surface area contributed by atoms with Crippen molar-refractivity contribution in [2.75, 3.05) is 20.1 Å². The second kappa shape index (κ2) is 12.8. The zero-order chi connectivity index (χ0) is 26.3. The summed E-state index contributed by atoms with van der Waals surface area (Å²) in [5.74, 6) is 1.78. The summed E-state index contributed by atoms with van der Waals surface area (Å²) in [5, 5.41) is 0.720. The first kappa shape index (κ1) is 26.7. The minimum absolute atomic E-state index is 0.0385. The van der Waals surface area contributed by atoms with Crippen molar-refractivity contribution in [2.45, 2.75) is 56.2 Å². The summed E-state index contributed by atoms with van der Waals surface area (Å²) in [6, 6.07) is 21.1. The van der Waals surface area contributed by atoms with Crippen LogP contribution in [0.2, 0.25) is 0 Å². The third-order valence-corrected chi connectivity index (χ3v) is 9.22. The van der Waals surface area contributed by atoms with Crippen molar-refractivity contribution in [2.24, 2.45) is 0 Å². The number of benzene rings is 2. The maximum absolute atomic E-state index is 13.2. The van der Waals surface area contributed by atoms with E-state index >= 15 is 0 Å². The average molecular weight is 546 g/mol. The van der Waals surface area contributed by atoms with Crippen LogP contribution in [0.3, 0.4) is 0 Å². The molecule has 7 heteroatoms. The number of nitrogens with zero attached hydrogens (tertiary/aromatic N) is 3. The van der Waals surface area contributed by atoms with Crippen LogP contribution in [0.4, 0.5) is 0 Å². The Kier molecular flexibility index (Phi) is 8.97. The first-order valence-corrected chi connectivity index (χ1v) is 14.8. The molecule has 5 rings (SSSR count). The molecule has 198 valence electrons. The molecule has 0 spiro atoms. The van der Waals surface area contributed by atoms with E-state index in [4.69, 9.17) is 21.9 Å². The van der Waals surface area contributed by atoms with Crippen LogP contribution < -0.4 is 4.74 Å². The molecule has 2 aliphatic rings. The van der Waals surface area contributed by atoms with Crippen LogP contribution in [0.25, 0.3) is 0 Å². The lowest BCUT2D eigenvalue weighted by atomic mass is 9.92. The highest BCUT2D eigenvalue weighted by atomic mass is 32.2. The van der Waals surface area contributed by atoms with Gasteiger partial charge in [0.25, 0.3) is 5.91 Å². The number of para-hydroxylation sites is 1. The number of rotatable bonds is 7. The number of aromatic nitrogens is 1. The molecule has 1 saturated heterocycles. The van der Waals surface area contributed by atoms with Crippen molar-refractivity contribution in [1.29, 1.82) is 0 Å². The Morgan fingerprint density at radius 3 is 2.50 bits per heavy atom. The van der Waals surface area contributed by atoms with E-state index < -0.39 is 0 Å². The van der Waals surface area contributed by atoms with Crippen LogP contribution in [0, 0.1) is 0 Å². The molecular formula is C31H35N3O2S2. The van der Waals surface area contributed by atoms with Crippen molar-refractivity contribution in [3.63, 3.8) is 0 Å². The van der Waals surface area contributed by atoms with Crippen molar-refractivity contribution in [3.8, 4) is 11.5 Å². The van der Waals surface area contributed by atoms with E-state index in [1.807, 2.05) is 79.6 Å². The first-order chi connectivity index (χ1) is 18.5. The van der Waals surface area contributed by atoms with Gasteiger partial charge in [-0.05, 0) is 73.7 Å². The third-order valence-electron chi connectivity index (χ3n) is 7.41. The maximum Gasteiger partial charge on any atom is 0.254 e. The fraction of sp³-hybridized carbons (Fsp3) is 0.387. The molecule has 2 fully saturated rings. The van der Waals surface area contributed by atoms with Crippen LogP contribution in [0.15, 0.2) is 72.9 Å². The van der Waals surface area contributed by atoms with Crippen molar-refractivity contribution in [3.05, 3.63) is 89.7 Å². The van der Waals surface area contributed by atoms with Crippen molar-refractivity contribution >= 4 is 34.2 Å². The zero-order valence-corrected chi connectivity index (χ0v) is 23.6. The summed E-state index contributed by atoms with van der Waals surface area (Å²) < 4.78 is 6.99. The predicted octanol–water partition coefficient (Wildman–Crippen LogP) is 7.29. The van der Waals surface area contributed by atoms with E-state index in [2.05, 4.69) is 11.0 Å². The second-order valence-electron chi connectivity index (χ2n) is 10.2. The number of piperidine rings is 1. The number of thiocarbonyl (C=S) groups is 1. The summed E-state index contributed by atoms with van der Waals surface area (Å²) in [5.41, 5.74) is 2.82. The summed E-state index contributed by atoms with van der Waals surface area (Å²) in [6.07, 6.45) is 9.31. The van der Waals surface area contributed by atoms with E-state index in [1.165, 1.54) is 25.7 Å². The number of likely N-dealkylation sites (tertiary alicyclic amines) is 1. The van der Waals surface area contributed by atoms with Gasteiger partial charge in [0, 0.05) is 55.3 Å². The molecule has 0 radical (unpaired) electrons. The Hall–Kier alpha value is -2.90. The highest BCUT2D eigenvalue weighted by Crippen LogP contribution is 2.34. The van der Waals surface area contributed by atoms with Gasteiger partial charge in [0.15, 0.2) is 0 Å². The standard InChI is InChI=1S/C31H35N3O2S2/c1-33(30(35)25-8-7-11-27(21-25)36-26-9-3-2-4-10-26)22-23-14-17-32-29(20-23)24-15-18-34(19-16-24)31(37)38-28-12-5-6-13-28/h2-4,7-11,14,17,20-21,24,28H,5-6,12-13,15-16,18-19,22H2,1H3. The molecular weight excluding hydrogens is 510 g/mol. The number of pyridine rings is 1. The Balaban J connectivity index is 1.16. The molecule has 1 aliphatic heterocycles. The Morgan fingerprint density at radius 1 is 1.00 bits per heavy atom. The van der Waals surface area contributed by atoms with Gasteiger partial charge in [0.1, 0.15) is 15.8 Å². The zero-order valence-electron chi connectivity index (χ0n) is 21.9. The maximum atomic E-state index is 13.2. The molecule has 0 bridgehead atoms. The number of ether oxygens (including phenoxy) is 1. The van der Waals surface area contributed by atoms with E-state index in [0.29, 0.717) is 23.8 Å². The molecule has 2 aromatic carbocycles. The van der Waals surface area contributed by atoms with E-state index in [0.717, 1.165) is 52.5 Å². The van der Waals surface area contributed by atoms with Gasteiger partial charge in [0.2, 0.25) is 0 Å². The smallest absolute Gasteiger partial charge is 0.254 e. The predicted molar refractivity (Wildman–Crippen MR) is 159 cm³/mol. The fourth-order valence-corrected chi connectivity index (χ4v) is 7.06. The van der Waals surface area contributed by atoms with Crippen LogP contribution in [-0.4, -0.2) is 50.4 Å². The molecule has 0 N–H and O–H groups in total. The minimum Gasteiger partial charge on any atom is -0.457 e. The SMILES string of the molecule is CN(Cc1ccnc(C2CCN(C(=S)SC3CCCC3)CC2)c1)C(=O)c1cccc(Oc2ccccc2)c1. The highest BCUT2D eigenvalue weighted by Gasteiger charge is 2.26. The highest BCUT2D eigenvalue weighted by molar-refractivity contribution is 8.23. The van der Waals surface area contributed by atoms with Gasteiger partial charge < -0.3 is 14.5 Å². The molecule has 2 heterocycles. The van der Waals surface area contributed by atoms with E-state index in [-0.39, 0.29) is 5.91 Å². The summed E-state index contributed by atoms with van der Waals surface area (Å²) in [7, 11) is 1.84. The Labute approximate surface area is 235 Å². The summed E-state index contributed by atoms with van der Waals surface area (Å²) >= 11 is 7.69. The monoisotopic (exact) mass is 545 g/mol. The normalized spacial score (nSPS) is 16.4. The van der Waals surface area contributed by atoms with Crippen molar-refractivity contribution < 1.29 is 9.53 Å². The molecule has 0 unspecified atom stereocenters. The van der Waals surface area contributed by atoms with Crippen LogP contribution in [0.1, 0.15) is 66.1 Å². The second-order valence-corrected chi connectivity index (χ2v) is 12.2. The number of thioether (sulfide) groups is 1. The van der Waals surface area contributed by atoms with Crippen LogP contribution >= 0.6 is 24.0 Å². The van der Waals surface area contributed by atoms with Crippen molar-refractivity contribution in [1.82, 2.24) is 14.8 Å². The van der Waals surface area contributed by atoms with Gasteiger partial charge in [0.05, 0.1) is 0 Å². The lowest BCUT2D eigenvalue weighted by Gasteiger charge is -2.34.